The molecule has 0 radical (unpaired) electrons. The number of nitrogens with zero attached hydrogens (tertiary/aromatic N) is 2. The molecule has 1 aromatic carbocycles. The number of nitrogens with one attached hydrogen (secondary N) is 2. The smallest absolute Gasteiger partial charge is 0.191 e. The van der Waals surface area contributed by atoms with Gasteiger partial charge in [0, 0.05) is 32.7 Å². The largest absolute Gasteiger partial charge is 0.356 e. The van der Waals surface area contributed by atoms with E-state index in [1.54, 1.807) is 0 Å². The standard InChI is InChI=1S/C16H24N4.HI/c1-2-5-14(6-3-1)12-20-10-7-15(13-20)11-19-16-17-8-4-9-18-16;/h1-3,5-6,15H,4,7-13H2,(H2,17,18,19);1H. The zero-order chi connectivity index (χ0) is 13.6. The Morgan fingerprint density at radius 1 is 1.29 bits per heavy atom. The van der Waals surface area contributed by atoms with Gasteiger partial charge in [0.2, 0.25) is 0 Å². The van der Waals surface area contributed by atoms with E-state index in [4.69, 9.17) is 0 Å². The number of halogens is 1. The van der Waals surface area contributed by atoms with E-state index < -0.39 is 0 Å². The van der Waals surface area contributed by atoms with Crippen molar-refractivity contribution >= 4 is 29.9 Å². The third-order valence-electron chi connectivity index (χ3n) is 4.07. The van der Waals surface area contributed by atoms with E-state index in [-0.39, 0.29) is 24.0 Å². The molecular weight excluding hydrogens is 375 g/mol. The SMILES string of the molecule is I.c1ccc(CN2CCC(CNC3=NCCCN3)C2)cc1. The van der Waals surface area contributed by atoms with Gasteiger partial charge in [-0.2, -0.15) is 0 Å². The zero-order valence-electron chi connectivity index (χ0n) is 12.4. The lowest BCUT2D eigenvalue weighted by Gasteiger charge is -2.19. The molecule has 5 heteroatoms. The van der Waals surface area contributed by atoms with Gasteiger partial charge in [0.25, 0.3) is 0 Å². The fourth-order valence-electron chi connectivity index (χ4n) is 2.96. The van der Waals surface area contributed by atoms with Crippen LogP contribution in [0.4, 0.5) is 0 Å². The van der Waals surface area contributed by atoms with Crippen LogP contribution in [0.3, 0.4) is 0 Å². The molecule has 1 aromatic rings. The number of benzene rings is 1. The van der Waals surface area contributed by atoms with E-state index in [0.717, 1.165) is 44.5 Å². The van der Waals surface area contributed by atoms with Crippen LogP contribution in [0.2, 0.25) is 0 Å². The first-order valence-corrected chi connectivity index (χ1v) is 7.68. The third-order valence-corrected chi connectivity index (χ3v) is 4.07. The molecule has 2 aliphatic heterocycles. The maximum Gasteiger partial charge on any atom is 0.191 e. The highest BCUT2D eigenvalue weighted by Gasteiger charge is 2.22. The van der Waals surface area contributed by atoms with Gasteiger partial charge in [-0.25, -0.2) is 0 Å². The van der Waals surface area contributed by atoms with Gasteiger partial charge in [0.15, 0.2) is 5.96 Å². The molecule has 116 valence electrons. The second-order valence-corrected chi connectivity index (χ2v) is 5.77. The predicted molar refractivity (Wildman–Crippen MR) is 98.2 cm³/mol. The summed E-state index contributed by atoms with van der Waals surface area (Å²) in [5.74, 6) is 1.74. The Morgan fingerprint density at radius 3 is 2.90 bits per heavy atom. The molecule has 2 aliphatic rings. The van der Waals surface area contributed by atoms with Crippen molar-refractivity contribution in [3.05, 3.63) is 35.9 Å². The van der Waals surface area contributed by atoms with Crippen molar-refractivity contribution in [1.82, 2.24) is 15.5 Å². The van der Waals surface area contributed by atoms with Crippen LogP contribution >= 0.6 is 24.0 Å². The first-order valence-electron chi connectivity index (χ1n) is 7.68. The van der Waals surface area contributed by atoms with E-state index in [2.05, 4.69) is 50.9 Å². The van der Waals surface area contributed by atoms with Crippen LogP contribution in [0.1, 0.15) is 18.4 Å². The van der Waals surface area contributed by atoms with Crippen molar-refractivity contribution in [2.24, 2.45) is 10.9 Å². The molecule has 0 spiro atoms. The summed E-state index contributed by atoms with van der Waals surface area (Å²) >= 11 is 0. The monoisotopic (exact) mass is 400 g/mol. The molecule has 0 saturated carbocycles. The van der Waals surface area contributed by atoms with Crippen LogP contribution in [0, 0.1) is 5.92 Å². The topological polar surface area (TPSA) is 39.7 Å². The average Bonchev–Trinajstić information content (AvgIpc) is 2.95. The Bertz CT molecular complexity index is 449. The quantitative estimate of drug-likeness (QED) is 0.761. The number of hydrogen-bond donors (Lipinski definition) is 2. The molecule has 0 aliphatic carbocycles. The Morgan fingerprint density at radius 2 is 2.14 bits per heavy atom. The Kier molecular flexibility index (Phi) is 6.76. The van der Waals surface area contributed by atoms with Gasteiger partial charge < -0.3 is 10.6 Å². The molecule has 2 N–H and O–H groups in total. The molecule has 0 amide bonds. The summed E-state index contributed by atoms with van der Waals surface area (Å²) in [4.78, 5) is 7.01. The van der Waals surface area contributed by atoms with E-state index >= 15 is 0 Å². The number of likely N-dealkylation sites (tertiary alicyclic amines) is 1. The lowest BCUT2D eigenvalue weighted by Crippen LogP contribution is -2.42. The molecule has 2 heterocycles. The molecule has 1 unspecified atom stereocenters. The first kappa shape index (κ1) is 16.5. The second kappa shape index (κ2) is 8.58. The van der Waals surface area contributed by atoms with E-state index in [1.165, 1.54) is 25.1 Å². The minimum Gasteiger partial charge on any atom is -0.356 e. The van der Waals surface area contributed by atoms with Crippen LogP contribution in [0.5, 0.6) is 0 Å². The van der Waals surface area contributed by atoms with Crippen molar-refractivity contribution in [3.63, 3.8) is 0 Å². The van der Waals surface area contributed by atoms with Crippen LogP contribution in [-0.4, -0.2) is 43.6 Å². The van der Waals surface area contributed by atoms with Gasteiger partial charge in [0.05, 0.1) is 0 Å². The van der Waals surface area contributed by atoms with Crippen LogP contribution in [0.15, 0.2) is 35.3 Å². The van der Waals surface area contributed by atoms with E-state index in [0.29, 0.717) is 0 Å². The van der Waals surface area contributed by atoms with E-state index in [9.17, 15) is 0 Å². The van der Waals surface area contributed by atoms with Gasteiger partial charge in [-0.05, 0) is 30.9 Å². The second-order valence-electron chi connectivity index (χ2n) is 5.77. The van der Waals surface area contributed by atoms with Gasteiger partial charge in [0.1, 0.15) is 0 Å². The van der Waals surface area contributed by atoms with Crippen molar-refractivity contribution < 1.29 is 0 Å². The Hall–Kier alpha value is -0.820. The molecule has 1 atom stereocenters. The average molecular weight is 400 g/mol. The minimum absolute atomic E-state index is 0. The molecule has 4 nitrogen and oxygen atoms in total. The summed E-state index contributed by atoms with van der Waals surface area (Å²) in [6, 6.07) is 10.8. The fourth-order valence-corrected chi connectivity index (χ4v) is 2.96. The number of aliphatic imine (C=N–C) groups is 1. The van der Waals surface area contributed by atoms with Gasteiger partial charge >= 0.3 is 0 Å². The summed E-state index contributed by atoms with van der Waals surface area (Å²) in [6.45, 7) is 6.53. The maximum atomic E-state index is 4.46. The van der Waals surface area contributed by atoms with Gasteiger partial charge in [-0.15, -0.1) is 24.0 Å². The lowest BCUT2D eigenvalue weighted by molar-refractivity contribution is 0.316. The summed E-state index contributed by atoms with van der Waals surface area (Å²) < 4.78 is 0. The highest BCUT2D eigenvalue weighted by molar-refractivity contribution is 14.0. The molecule has 1 saturated heterocycles. The molecule has 0 bridgehead atoms. The highest BCUT2D eigenvalue weighted by atomic mass is 127. The predicted octanol–water partition coefficient (Wildman–Crippen LogP) is 2.07. The minimum atomic E-state index is 0. The van der Waals surface area contributed by atoms with Crippen LogP contribution < -0.4 is 10.6 Å². The van der Waals surface area contributed by atoms with Crippen molar-refractivity contribution in [2.45, 2.75) is 19.4 Å². The normalized spacial score (nSPS) is 22.1. The Labute approximate surface area is 144 Å². The van der Waals surface area contributed by atoms with Crippen molar-refractivity contribution in [2.75, 3.05) is 32.7 Å². The van der Waals surface area contributed by atoms with E-state index in [1.807, 2.05) is 0 Å². The van der Waals surface area contributed by atoms with Gasteiger partial charge in [-0.3, -0.25) is 9.89 Å². The summed E-state index contributed by atoms with van der Waals surface area (Å²) in [5, 5.41) is 6.78. The third kappa shape index (κ3) is 5.14. The molecule has 3 rings (SSSR count). The maximum absolute atomic E-state index is 4.46. The van der Waals surface area contributed by atoms with Gasteiger partial charge in [-0.1, -0.05) is 30.3 Å². The summed E-state index contributed by atoms with van der Waals surface area (Å²) in [6.07, 6.45) is 2.44. The fraction of sp³-hybridized carbons (Fsp3) is 0.562. The highest BCUT2D eigenvalue weighted by Crippen LogP contribution is 2.17. The number of guanidine groups is 1. The van der Waals surface area contributed by atoms with Crippen LogP contribution in [-0.2, 0) is 6.54 Å². The van der Waals surface area contributed by atoms with Crippen molar-refractivity contribution in [1.29, 1.82) is 0 Å². The Balaban J connectivity index is 0.00000161. The molecule has 21 heavy (non-hydrogen) atoms. The van der Waals surface area contributed by atoms with Crippen LogP contribution in [0.25, 0.3) is 0 Å². The number of rotatable bonds is 4. The first-order chi connectivity index (χ1) is 9.90. The lowest BCUT2D eigenvalue weighted by atomic mass is 10.1. The van der Waals surface area contributed by atoms with Crippen molar-refractivity contribution in [3.8, 4) is 0 Å². The number of hydrogen-bond acceptors (Lipinski definition) is 4. The zero-order valence-corrected chi connectivity index (χ0v) is 14.8. The summed E-state index contributed by atoms with van der Waals surface area (Å²) in [7, 11) is 0. The molecular formula is C16H25IN4. The molecule has 0 aromatic heterocycles. The molecule has 1 fully saturated rings. The summed E-state index contributed by atoms with van der Waals surface area (Å²) in [5.41, 5.74) is 1.42.